The summed E-state index contributed by atoms with van der Waals surface area (Å²) >= 11 is 0. The van der Waals surface area contributed by atoms with Crippen LogP contribution in [0.4, 0.5) is 0 Å². The van der Waals surface area contributed by atoms with Gasteiger partial charge in [0.2, 0.25) is 0 Å². The Morgan fingerprint density at radius 3 is 2.41 bits per heavy atom. The summed E-state index contributed by atoms with van der Waals surface area (Å²) < 4.78 is 5.61. The van der Waals surface area contributed by atoms with Gasteiger partial charge in [0.25, 0.3) is 0 Å². The Morgan fingerprint density at radius 2 is 1.77 bits per heavy atom. The van der Waals surface area contributed by atoms with E-state index in [1.54, 1.807) is 0 Å². The van der Waals surface area contributed by atoms with E-state index in [2.05, 4.69) is 34.5 Å². The molecule has 0 bridgehead atoms. The molecule has 0 unspecified atom stereocenters. The zero-order chi connectivity index (χ0) is 15.2. The molecule has 3 rings (SSSR count). The Balaban J connectivity index is 1.79. The zero-order valence-corrected chi connectivity index (χ0v) is 13.9. The molecule has 3 nitrogen and oxygen atoms in total. The van der Waals surface area contributed by atoms with Crippen molar-refractivity contribution >= 4 is 0 Å². The minimum Gasteiger partial charge on any atom is -0.494 e. The monoisotopic (exact) mass is 302 g/mol. The van der Waals surface area contributed by atoms with E-state index in [9.17, 15) is 0 Å². The molecule has 1 aliphatic carbocycles. The molecule has 2 fully saturated rings. The molecule has 122 valence electrons. The number of piperazine rings is 1. The van der Waals surface area contributed by atoms with E-state index in [4.69, 9.17) is 4.74 Å². The second-order valence-electron chi connectivity index (χ2n) is 6.63. The van der Waals surface area contributed by atoms with Gasteiger partial charge in [-0.1, -0.05) is 31.4 Å². The number of rotatable bonds is 5. The summed E-state index contributed by atoms with van der Waals surface area (Å²) in [4.78, 5) is 2.71. The fourth-order valence-corrected chi connectivity index (χ4v) is 4.12. The highest BCUT2D eigenvalue weighted by Gasteiger charge is 2.30. The lowest BCUT2D eigenvalue weighted by molar-refractivity contribution is 0.103. The maximum atomic E-state index is 5.61. The highest BCUT2D eigenvalue weighted by molar-refractivity contribution is 5.30. The number of hydrogen-bond acceptors (Lipinski definition) is 3. The molecule has 3 heteroatoms. The van der Waals surface area contributed by atoms with Crippen LogP contribution in [-0.2, 0) is 0 Å². The van der Waals surface area contributed by atoms with Gasteiger partial charge in [0, 0.05) is 32.2 Å². The van der Waals surface area contributed by atoms with Crippen molar-refractivity contribution in [1.29, 1.82) is 0 Å². The van der Waals surface area contributed by atoms with Gasteiger partial charge in [0.15, 0.2) is 0 Å². The van der Waals surface area contributed by atoms with Crippen molar-refractivity contribution in [2.75, 3.05) is 32.8 Å². The molecule has 1 aliphatic heterocycles. The van der Waals surface area contributed by atoms with Crippen LogP contribution in [0.2, 0.25) is 0 Å². The Hall–Kier alpha value is -1.06. The molecule has 1 aromatic carbocycles. The Labute approximate surface area is 135 Å². The van der Waals surface area contributed by atoms with Crippen LogP contribution >= 0.6 is 0 Å². The Morgan fingerprint density at radius 1 is 1.09 bits per heavy atom. The van der Waals surface area contributed by atoms with Gasteiger partial charge >= 0.3 is 0 Å². The van der Waals surface area contributed by atoms with Crippen molar-refractivity contribution < 1.29 is 4.74 Å². The highest BCUT2D eigenvalue weighted by atomic mass is 16.5. The van der Waals surface area contributed by atoms with Crippen molar-refractivity contribution in [2.24, 2.45) is 5.92 Å². The maximum absolute atomic E-state index is 5.61. The molecule has 1 N–H and O–H groups in total. The SMILES string of the molecule is CCOc1ccc([C@@H](C2CCCCC2)N2CCNCC2)cc1. The molecule has 1 heterocycles. The van der Waals surface area contributed by atoms with Crippen molar-refractivity contribution in [2.45, 2.75) is 45.1 Å². The molecular weight excluding hydrogens is 272 g/mol. The van der Waals surface area contributed by atoms with Crippen molar-refractivity contribution in [3.05, 3.63) is 29.8 Å². The highest BCUT2D eigenvalue weighted by Crippen LogP contribution is 2.38. The first kappa shape index (κ1) is 15.8. The number of nitrogens with zero attached hydrogens (tertiary/aromatic N) is 1. The van der Waals surface area contributed by atoms with Crippen LogP contribution in [0.3, 0.4) is 0 Å². The van der Waals surface area contributed by atoms with E-state index in [-0.39, 0.29) is 0 Å². The molecule has 1 aromatic rings. The summed E-state index contributed by atoms with van der Waals surface area (Å²) in [6, 6.07) is 9.49. The summed E-state index contributed by atoms with van der Waals surface area (Å²) in [5, 5.41) is 3.49. The fraction of sp³-hybridized carbons (Fsp3) is 0.684. The topological polar surface area (TPSA) is 24.5 Å². The molecule has 0 radical (unpaired) electrons. The van der Waals surface area contributed by atoms with Crippen LogP contribution < -0.4 is 10.1 Å². The summed E-state index contributed by atoms with van der Waals surface area (Å²) in [6.45, 7) is 7.38. The first-order chi connectivity index (χ1) is 10.9. The minimum absolute atomic E-state index is 0.595. The average molecular weight is 302 g/mol. The Bertz CT molecular complexity index is 415. The lowest BCUT2D eigenvalue weighted by atomic mass is 9.80. The molecule has 22 heavy (non-hydrogen) atoms. The van der Waals surface area contributed by atoms with Gasteiger partial charge in [-0.05, 0) is 43.4 Å². The molecule has 1 saturated heterocycles. The third-order valence-corrected chi connectivity index (χ3v) is 5.17. The second-order valence-corrected chi connectivity index (χ2v) is 6.63. The summed E-state index contributed by atoms with van der Waals surface area (Å²) in [5.41, 5.74) is 1.48. The first-order valence-electron chi connectivity index (χ1n) is 9.06. The fourth-order valence-electron chi connectivity index (χ4n) is 4.12. The quantitative estimate of drug-likeness (QED) is 0.899. The summed E-state index contributed by atoms with van der Waals surface area (Å²) in [5.74, 6) is 1.82. The zero-order valence-electron chi connectivity index (χ0n) is 13.9. The normalized spacial score (nSPS) is 22.4. The second kappa shape index (κ2) is 7.98. The number of benzene rings is 1. The third-order valence-electron chi connectivity index (χ3n) is 5.17. The van der Waals surface area contributed by atoms with Gasteiger partial charge in [0.1, 0.15) is 5.75 Å². The van der Waals surface area contributed by atoms with Crippen LogP contribution in [0.5, 0.6) is 5.75 Å². The van der Waals surface area contributed by atoms with Gasteiger partial charge in [-0.15, -0.1) is 0 Å². The Kier molecular flexibility index (Phi) is 5.74. The van der Waals surface area contributed by atoms with Crippen molar-refractivity contribution in [3.63, 3.8) is 0 Å². The van der Waals surface area contributed by atoms with Gasteiger partial charge in [0.05, 0.1) is 6.61 Å². The van der Waals surface area contributed by atoms with Crippen LogP contribution in [0.25, 0.3) is 0 Å². The third kappa shape index (κ3) is 3.82. The predicted octanol–water partition coefficient (Wildman–Crippen LogP) is 3.61. The molecule has 2 aliphatic rings. The van der Waals surface area contributed by atoms with E-state index >= 15 is 0 Å². The molecule has 0 spiro atoms. The molecule has 1 saturated carbocycles. The van der Waals surface area contributed by atoms with Crippen LogP contribution in [0.15, 0.2) is 24.3 Å². The van der Waals surface area contributed by atoms with Gasteiger partial charge in [-0.2, -0.15) is 0 Å². The van der Waals surface area contributed by atoms with Gasteiger partial charge in [-0.25, -0.2) is 0 Å². The lowest BCUT2D eigenvalue weighted by Gasteiger charge is -2.41. The average Bonchev–Trinajstić information content (AvgIpc) is 2.59. The van der Waals surface area contributed by atoms with Crippen LogP contribution in [0.1, 0.15) is 50.6 Å². The van der Waals surface area contributed by atoms with Crippen LogP contribution in [0, 0.1) is 5.92 Å². The standard InChI is InChI=1S/C19H30N2O/c1-2-22-18-10-8-17(9-11-18)19(16-6-4-3-5-7-16)21-14-12-20-13-15-21/h8-11,16,19-20H,2-7,12-15H2,1H3/t19-/m1/s1. The van der Waals surface area contributed by atoms with E-state index in [0.29, 0.717) is 6.04 Å². The maximum Gasteiger partial charge on any atom is 0.119 e. The minimum atomic E-state index is 0.595. The van der Waals surface area contributed by atoms with Gasteiger partial charge < -0.3 is 10.1 Å². The van der Waals surface area contributed by atoms with E-state index < -0.39 is 0 Å². The number of hydrogen-bond donors (Lipinski definition) is 1. The van der Waals surface area contributed by atoms with E-state index in [1.807, 2.05) is 6.92 Å². The molecule has 1 atom stereocenters. The predicted molar refractivity (Wildman–Crippen MR) is 91.4 cm³/mol. The summed E-state index contributed by atoms with van der Waals surface area (Å²) in [7, 11) is 0. The number of ether oxygens (including phenoxy) is 1. The first-order valence-corrected chi connectivity index (χ1v) is 9.06. The van der Waals surface area contributed by atoms with Crippen molar-refractivity contribution in [3.8, 4) is 5.75 Å². The van der Waals surface area contributed by atoms with E-state index in [0.717, 1.165) is 31.4 Å². The molecular formula is C19H30N2O. The number of nitrogens with one attached hydrogen (secondary N) is 1. The largest absolute Gasteiger partial charge is 0.494 e. The van der Waals surface area contributed by atoms with Gasteiger partial charge in [-0.3, -0.25) is 4.90 Å². The van der Waals surface area contributed by atoms with E-state index in [1.165, 1.54) is 50.8 Å². The smallest absolute Gasteiger partial charge is 0.119 e. The molecule has 0 amide bonds. The van der Waals surface area contributed by atoms with Crippen LogP contribution in [-0.4, -0.2) is 37.7 Å². The lowest BCUT2D eigenvalue weighted by Crippen LogP contribution is -2.47. The molecule has 0 aromatic heterocycles. The summed E-state index contributed by atoms with van der Waals surface area (Å²) in [6.07, 6.45) is 7.02. The van der Waals surface area contributed by atoms with Crippen molar-refractivity contribution in [1.82, 2.24) is 10.2 Å².